The van der Waals surface area contributed by atoms with Gasteiger partial charge < -0.3 is 10.6 Å². The van der Waals surface area contributed by atoms with Crippen LogP contribution in [0, 0.1) is 0 Å². The summed E-state index contributed by atoms with van der Waals surface area (Å²) in [6.07, 6.45) is 2.69. The van der Waals surface area contributed by atoms with Crippen molar-refractivity contribution in [3.63, 3.8) is 0 Å². The van der Waals surface area contributed by atoms with Gasteiger partial charge in [-0.05, 0) is 37.1 Å². The van der Waals surface area contributed by atoms with Crippen molar-refractivity contribution >= 4 is 28.8 Å². The fourth-order valence-corrected chi connectivity index (χ4v) is 2.73. The molecule has 23 heavy (non-hydrogen) atoms. The van der Waals surface area contributed by atoms with E-state index < -0.39 is 0 Å². The molecular formula is C16H20N4O2S. The molecule has 0 fully saturated rings. The highest BCUT2D eigenvalue weighted by Gasteiger charge is 2.13. The van der Waals surface area contributed by atoms with Crippen molar-refractivity contribution in [2.45, 2.75) is 33.1 Å². The van der Waals surface area contributed by atoms with Crippen molar-refractivity contribution in [2.75, 3.05) is 11.9 Å². The van der Waals surface area contributed by atoms with Gasteiger partial charge in [-0.3, -0.25) is 9.59 Å². The number of benzene rings is 1. The van der Waals surface area contributed by atoms with Crippen molar-refractivity contribution in [3.8, 4) is 0 Å². The first-order chi connectivity index (χ1) is 11.1. The number of carbonyl (C=O) groups excluding carboxylic acids is 2. The summed E-state index contributed by atoms with van der Waals surface area (Å²) in [5.74, 6) is -0.397. The number of carbonyl (C=O) groups is 2. The molecule has 0 radical (unpaired) electrons. The molecule has 0 saturated carbocycles. The average Bonchev–Trinajstić information content (AvgIpc) is 3.02. The lowest BCUT2D eigenvalue weighted by Crippen LogP contribution is -2.23. The van der Waals surface area contributed by atoms with Crippen LogP contribution in [-0.4, -0.2) is 28.6 Å². The van der Waals surface area contributed by atoms with E-state index in [1.807, 2.05) is 6.92 Å². The van der Waals surface area contributed by atoms with Crippen molar-refractivity contribution in [1.29, 1.82) is 0 Å². The summed E-state index contributed by atoms with van der Waals surface area (Å²) in [6, 6.07) is 6.77. The Kier molecular flexibility index (Phi) is 6.22. The van der Waals surface area contributed by atoms with E-state index in [4.69, 9.17) is 0 Å². The molecule has 1 heterocycles. The van der Waals surface area contributed by atoms with Gasteiger partial charge in [0.1, 0.15) is 5.01 Å². The van der Waals surface area contributed by atoms with Crippen LogP contribution >= 0.6 is 11.3 Å². The van der Waals surface area contributed by atoms with Crippen LogP contribution in [0.3, 0.4) is 0 Å². The van der Waals surface area contributed by atoms with Gasteiger partial charge in [-0.1, -0.05) is 25.2 Å². The topological polar surface area (TPSA) is 84.0 Å². The first-order valence-corrected chi connectivity index (χ1v) is 8.47. The molecular weight excluding hydrogens is 312 g/mol. The minimum atomic E-state index is -0.284. The Labute approximate surface area is 139 Å². The standard InChI is InChI=1S/C16H20N4O2S/c1-3-5-13-19-20-16(23-13)15(22)18-12-8-6-11(7-9-12)14(21)17-10-4-2/h6-9H,3-5,10H2,1-2H3,(H,17,21)(H,18,22). The Bertz CT molecular complexity index is 667. The van der Waals surface area contributed by atoms with E-state index in [0.717, 1.165) is 24.3 Å². The minimum Gasteiger partial charge on any atom is -0.352 e. The van der Waals surface area contributed by atoms with Crippen molar-refractivity contribution in [2.24, 2.45) is 0 Å². The van der Waals surface area contributed by atoms with Crippen LogP contribution in [0.25, 0.3) is 0 Å². The Morgan fingerprint density at radius 1 is 1.04 bits per heavy atom. The second-order valence-corrected chi connectivity index (χ2v) is 6.10. The number of amides is 2. The maximum absolute atomic E-state index is 12.1. The molecule has 6 nitrogen and oxygen atoms in total. The van der Waals surface area contributed by atoms with Gasteiger partial charge in [0.2, 0.25) is 5.01 Å². The maximum atomic E-state index is 12.1. The summed E-state index contributed by atoms with van der Waals surface area (Å²) < 4.78 is 0. The third kappa shape index (κ3) is 4.85. The monoisotopic (exact) mass is 332 g/mol. The molecule has 1 aromatic carbocycles. The number of aromatic nitrogens is 2. The second-order valence-electron chi connectivity index (χ2n) is 5.04. The fraction of sp³-hybridized carbons (Fsp3) is 0.375. The predicted octanol–water partition coefficient (Wildman–Crippen LogP) is 2.88. The number of hydrogen-bond acceptors (Lipinski definition) is 5. The van der Waals surface area contributed by atoms with Crippen molar-refractivity contribution < 1.29 is 9.59 Å². The summed E-state index contributed by atoms with van der Waals surface area (Å²) in [5, 5.41) is 14.7. The van der Waals surface area contributed by atoms with Crippen molar-refractivity contribution in [3.05, 3.63) is 39.8 Å². The van der Waals surface area contributed by atoms with E-state index >= 15 is 0 Å². The number of nitrogens with zero attached hydrogens (tertiary/aromatic N) is 2. The maximum Gasteiger partial charge on any atom is 0.286 e. The highest BCUT2D eigenvalue weighted by Crippen LogP contribution is 2.15. The average molecular weight is 332 g/mol. The van der Waals surface area contributed by atoms with Crippen LogP contribution in [-0.2, 0) is 6.42 Å². The zero-order valence-electron chi connectivity index (χ0n) is 13.3. The number of nitrogens with one attached hydrogen (secondary N) is 2. The Balaban J connectivity index is 1.96. The van der Waals surface area contributed by atoms with Crippen LogP contribution in [0.5, 0.6) is 0 Å². The molecule has 2 N–H and O–H groups in total. The summed E-state index contributed by atoms with van der Waals surface area (Å²) in [5.41, 5.74) is 1.19. The highest BCUT2D eigenvalue weighted by atomic mass is 32.1. The number of anilines is 1. The molecule has 0 saturated heterocycles. The quantitative estimate of drug-likeness (QED) is 0.816. The van der Waals surface area contributed by atoms with E-state index in [1.54, 1.807) is 24.3 Å². The van der Waals surface area contributed by atoms with Gasteiger partial charge >= 0.3 is 0 Å². The summed E-state index contributed by atoms with van der Waals surface area (Å²) >= 11 is 1.30. The van der Waals surface area contributed by atoms with Gasteiger partial charge in [0.05, 0.1) is 0 Å². The molecule has 2 amide bonds. The second kappa shape index (κ2) is 8.38. The normalized spacial score (nSPS) is 10.3. The van der Waals surface area contributed by atoms with Crippen LogP contribution in [0.2, 0.25) is 0 Å². The lowest BCUT2D eigenvalue weighted by atomic mass is 10.2. The first kappa shape index (κ1) is 17.1. The lowest BCUT2D eigenvalue weighted by molar-refractivity contribution is 0.0953. The molecule has 122 valence electrons. The first-order valence-electron chi connectivity index (χ1n) is 7.66. The Morgan fingerprint density at radius 3 is 2.43 bits per heavy atom. The Morgan fingerprint density at radius 2 is 1.78 bits per heavy atom. The minimum absolute atomic E-state index is 0.113. The Hall–Kier alpha value is -2.28. The zero-order valence-corrected chi connectivity index (χ0v) is 14.1. The number of aryl methyl sites for hydroxylation is 1. The van der Waals surface area contributed by atoms with Gasteiger partial charge in [-0.2, -0.15) is 0 Å². The lowest BCUT2D eigenvalue weighted by Gasteiger charge is -2.05. The molecule has 0 unspecified atom stereocenters. The molecule has 0 aliphatic heterocycles. The summed E-state index contributed by atoms with van der Waals surface area (Å²) in [4.78, 5) is 23.9. The van der Waals surface area contributed by atoms with Crippen LogP contribution in [0.15, 0.2) is 24.3 Å². The van der Waals surface area contributed by atoms with Gasteiger partial charge in [-0.15, -0.1) is 10.2 Å². The fourth-order valence-electron chi connectivity index (χ4n) is 1.89. The van der Waals surface area contributed by atoms with Gasteiger partial charge in [0.15, 0.2) is 0 Å². The van der Waals surface area contributed by atoms with E-state index in [1.165, 1.54) is 11.3 Å². The van der Waals surface area contributed by atoms with Gasteiger partial charge in [-0.25, -0.2) is 0 Å². The molecule has 0 aliphatic carbocycles. The largest absolute Gasteiger partial charge is 0.352 e. The van der Waals surface area contributed by atoms with Crippen LogP contribution in [0.1, 0.15) is 51.9 Å². The predicted molar refractivity (Wildman–Crippen MR) is 90.9 cm³/mol. The SMILES string of the molecule is CCCNC(=O)c1ccc(NC(=O)c2nnc(CCC)s2)cc1. The molecule has 0 spiro atoms. The third-order valence-electron chi connectivity index (χ3n) is 3.07. The van der Waals surface area contributed by atoms with E-state index in [0.29, 0.717) is 22.8 Å². The number of hydrogen-bond donors (Lipinski definition) is 2. The zero-order chi connectivity index (χ0) is 16.7. The molecule has 2 aromatic rings. The molecule has 0 atom stereocenters. The van der Waals surface area contributed by atoms with E-state index in [9.17, 15) is 9.59 Å². The molecule has 2 rings (SSSR count). The molecule has 0 bridgehead atoms. The van der Waals surface area contributed by atoms with E-state index in [2.05, 4.69) is 27.8 Å². The van der Waals surface area contributed by atoms with E-state index in [-0.39, 0.29) is 11.8 Å². The smallest absolute Gasteiger partial charge is 0.286 e. The molecule has 7 heteroatoms. The van der Waals surface area contributed by atoms with Gasteiger partial charge in [0.25, 0.3) is 11.8 Å². The van der Waals surface area contributed by atoms with Crippen LogP contribution < -0.4 is 10.6 Å². The highest BCUT2D eigenvalue weighted by molar-refractivity contribution is 7.13. The summed E-state index contributed by atoms with van der Waals surface area (Å²) in [7, 11) is 0. The summed E-state index contributed by atoms with van der Waals surface area (Å²) in [6.45, 7) is 4.70. The number of rotatable bonds is 7. The third-order valence-corrected chi connectivity index (χ3v) is 4.05. The molecule has 1 aromatic heterocycles. The van der Waals surface area contributed by atoms with Crippen molar-refractivity contribution in [1.82, 2.24) is 15.5 Å². The van der Waals surface area contributed by atoms with Crippen LogP contribution in [0.4, 0.5) is 5.69 Å². The molecule has 0 aliphatic rings. The van der Waals surface area contributed by atoms with Gasteiger partial charge in [0, 0.05) is 24.2 Å².